The van der Waals surface area contributed by atoms with E-state index in [1.807, 2.05) is 6.07 Å². The van der Waals surface area contributed by atoms with Gasteiger partial charge in [-0.15, -0.1) is 0 Å². The quantitative estimate of drug-likeness (QED) is 0.744. The summed E-state index contributed by atoms with van der Waals surface area (Å²) in [7, 11) is 0. The highest BCUT2D eigenvalue weighted by Crippen LogP contribution is 2.31. The summed E-state index contributed by atoms with van der Waals surface area (Å²) < 4.78 is 43.5. The summed E-state index contributed by atoms with van der Waals surface area (Å²) >= 11 is 0. The Bertz CT molecular complexity index is 905. The van der Waals surface area contributed by atoms with Crippen molar-refractivity contribution in [3.8, 4) is 11.3 Å². The van der Waals surface area contributed by atoms with Crippen LogP contribution in [0, 0.1) is 0 Å². The molecular weight excluding hydrogens is 335 g/mol. The van der Waals surface area contributed by atoms with Gasteiger partial charge in [0.25, 0.3) is 5.91 Å². The van der Waals surface area contributed by atoms with E-state index in [2.05, 4.69) is 10.3 Å². The highest BCUT2D eigenvalue weighted by Gasteiger charge is 2.33. The number of nitrogens with zero attached hydrogens (tertiary/aromatic N) is 1. The second-order valence-electron chi connectivity index (χ2n) is 5.12. The number of rotatable bonds is 3. The standard InChI is InChI=1S/C17H12F3N3O2/c18-17(19,20)14-8-4-7-12(22-14)15(24)23-16-11(21)9-13(25-16)10-5-2-1-3-6-10/h1-9H,21H2,(H,23,24). The summed E-state index contributed by atoms with van der Waals surface area (Å²) in [5.74, 6) is -0.486. The number of nitrogens with two attached hydrogens (primary N) is 1. The van der Waals surface area contributed by atoms with E-state index >= 15 is 0 Å². The molecule has 0 unspecified atom stereocenters. The Hall–Kier alpha value is -3.29. The first-order valence-electron chi connectivity index (χ1n) is 7.15. The molecule has 3 aromatic rings. The maximum absolute atomic E-state index is 12.7. The van der Waals surface area contributed by atoms with Gasteiger partial charge in [0, 0.05) is 11.6 Å². The molecule has 0 aliphatic rings. The van der Waals surface area contributed by atoms with Crippen molar-refractivity contribution >= 4 is 17.5 Å². The van der Waals surface area contributed by atoms with Gasteiger partial charge in [-0.2, -0.15) is 13.2 Å². The number of halogens is 3. The minimum Gasteiger partial charge on any atom is -0.438 e. The van der Waals surface area contributed by atoms with Gasteiger partial charge in [0.2, 0.25) is 5.88 Å². The Morgan fingerprint density at radius 1 is 1.08 bits per heavy atom. The lowest BCUT2D eigenvalue weighted by atomic mass is 10.2. The number of pyridine rings is 1. The molecule has 25 heavy (non-hydrogen) atoms. The Labute approximate surface area is 140 Å². The van der Waals surface area contributed by atoms with E-state index in [9.17, 15) is 18.0 Å². The number of carbonyl (C=O) groups is 1. The number of carbonyl (C=O) groups excluding carboxylic acids is 1. The fraction of sp³-hybridized carbons (Fsp3) is 0.0588. The lowest BCUT2D eigenvalue weighted by molar-refractivity contribution is -0.141. The van der Waals surface area contributed by atoms with E-state index in [4.69, 9.17) is 10.2 Å². The summed E-state index contributed by atoms with van der Waals surface area (Å²) in [6.45, 7) is 0. The number of alkyl halides is 3. The molecule has 0 radical (unpaired) electrons. The number of nitrogens with one attached hydrogen (secondary N) is 1. The fourth-order valence-corrected chi connectivity index (χ4v) is 2.13. The molecule has 0 atom stereocenters. The minimum absolute atomic E-state index is 0.0527. The maximum atomic E-state index is 12.7. The molecular formula is C17H12F3N3O2. The number of aromatic nitrogens is 1. The summed E-state index contributed by atoms with van der Waals surface area (Å²) in [5, 5.41) is 2.33. The average Bonchev–Trinajstić information content (AvgIpc) is 2.96. The molecule has 2 heterocycles. The molecule has 0 saturated heterocycles. The Kier molecular flexibility index (Phi) is 4.18. The molecule has 3 N–H and O–H groups in total. The van der Waals surface area contributed by atoms with E-state index in [1.54, 1.807) is 24.3 Å². The smallest absolute Gasteiger partial charge is 0.433 e. The van der Waals surface area contributed by atoms with Crippen LogP contribution in [0.15, 0.2) is 59.0 Å². The van der Waals surface area contributed by atoms with Gasteiger partial charge >= 0.3 is 6.18 Å². The van der Waals surface area contributed by atoms with Crippen molar-refractivity contribution < 1.29 is 22.4 Å². The van der Waals surface area contributed by atoms with Crippen LogP contribution in [0.4, 0.5) is 24.7 Å². The van der Waals surface area contributed by atoms with Crippen molar-refractivity contribution in [2.45, 2.75) is 6.18 Å². The molecule has 0 aliphatic heterocycles. The third-order valence-corrected chi connectivity index (χ3v) is 3.32. The van der Waals surface area contributed by atoms with Crippen LogP contribution >= 0.6 is 0 Å². The first kappa shape index (κ1) is 16.6. The van der Waals surface area contributed by atoms with Gasteiger partial charge in [-0.3, -0.25) is 10.1 Å². The Morgan fingerprint density at radius 3 is 2.48 bits per heavy atom. The molecule has 0 saturated carbocycles. The highest BCUT2D eigenvalue weighted by molar-refractivity contribution is 6.03. The highest BCUT2D eigenvalue weighted by atomic mass is 19.4. The molecule has 128 valence electrons. The van der Waals surface area contributed by atoms with Gasteiger partial charge in [-0.05, 0) is 12.1 Å². The van der Waals surface area contributed by atoms with Crippen molar-refractivity contribution in [1.29, 1.82) is 0 Å². The van der Waals surface area contributed by atoms with Crippen molar-refractivity contribution in [2.24, 2.45) is 0 Å². The van der Waals surface area contributed by atoms with E-state index in [0.717, 1.165) is 17.7 Å². The molecule has 0 fully saturated rings. The number of amides is 1. The largest absolute Gasteiger partial charge is 0.438 e. The summed E-state index contributed by atoms with van der Waals surface area (Å²) in [6, 6.07) is 13.6. The first-order chi connectivity index (χ1) is 11.8. The summed E-state index contributed by atoms with van der Waals surface area (Å²) in [4.78, 5) is 15.4. The predicted octanol–water partition coefficient (Wildman–Crippen LogP) is 4.19. The minimum atomic E-state index is -4.64. The molecule has 1 amide bonds. The van der Waals surface area contributed by atoms with Gasteiger partial charge in [0.05, 0.1) is 5.69 Å². The van der Waals surface area contributed by atoms with Crippen molar-refractivity contribution in [3.63, 3.8) is 0 Å². The number of benzene rings is 1. The topological polar surface area (TPSA) is 81.1 Å². The van der Waals surface area contributed by atoms with E-state index in [1.165, 1.54) is 12.1 Å². The van der Waals surface area contributed by atoms with E-state index < -0.39 is 23.5 Å². The van der Waals surface area contributed by atoms with Crippen LogP contribution in [0.2, 0.25) is 0 Å². The SMILES string of the molecule is Nc1cc(-c2ccccc2)oc1NC(=O)c1cccc(C(F)(F)F)n1. The summed E-state index contributed by atoms with van der Waals surface area (Å²) in [6.07, 6.45) is -4.64. The fourth-order valence-electron chi connectivity index (χ4n) is 2.13. The lowest BCUT2D eigenvalue weighted by Crippen LogP contribution is -2.17. The zero-order chi connectivity index (χ0) is 18.0. The van der Waals surface area contributed by atoms with Crippen LogP contribution in [0.1, 0.15) is 16.2 Å². The average molecular weight is 347 g/mol. The van der Waals surface area contributed by atoms with E-state index in [0.29, 0.717) is 5.76 Å². The molecule has 0 spiro atoms. The monoisotopic (exact) mass is 347 g/mol. The normalized spacial score (nSPS) is 11.3. The number of nitrogen functional groups attached to an aromatic ring is 1. The van der Waals surface area contributed by atoms with Gasteiger partial charge in [-0.1, -0.05) is 36.4 Å². The van der Waals surface area contributed by atoms with E-state index in [-0.39, 0.29) is 11.6 Å². The van der Waals surface area contributed by atoms with Gasteiger partial charge in [0.15, 0.2) is 0 Å². The second kappa shape index (κ2) is 6.31. The van der Waals surface area contributed by atoms with Crippen molar-refractivity contribution in [2.75, 3.05) is 11.1 Å². The van der Waals surface area contributed by atoms with Crippen LogP contribution in [-0.2, 0) is 6.18 Å². The van der Waals surface area contributed by atoms with Crippen LogP contribution in [-0.4, -0.2) is 10.9 Å². The van der Waals surface area contributed by atoms with Gasteiger partial charge in [-0.25, -0.2) is 4.98 Å². The zero-order valence-electron chi connectivity index (χ0n) is 12.7. The zero-order valence-corrected chi connectivity index (χ0v) is 12.7. The number of hydrogen-bond acceptors (Lipinski definition) is 4. The molecule has 5 nitrogen and oxygen atoms in total. The predicted molar refractivity (Wildman–Crippen MR) is 85.7 cm³/mol. The molecule has 2 aromatic heterocycles. The maximum Gasteiger partial charge on any atom is 0.433 e. The Balaban J connectivity index is 1.84. The van der Waals surface area contributed by atoms with Crippen LogP contribution in [0.5, 0.6) is 0 Å². The lowest BCUT2D eigenvalue weighted by Gasteiger charge is -2.07. The molecule has 0 bridgehead atoms. The number of anilines is 2. The summed E-state index contributed by atoms with van der Waals surface area (Å²) in [5.41, 5.74) is 5.14. The van der Waals surface area contributed by atoms with Crippen molar-refractivity contribution in [1.82, 2.24) is 4.98 Å². The van der Waals surface area contributed by atoms with Gasteiger partial charge < -0.3 is 10.2 Å². The van der Waals surface area contributed by atoms with Crippen LogP contribution in [0.25, 0.3) is 11.3 Å². The molecule has 0 aliphatic carbocycles. The third kappa shape index (κ3) is 3.63. The first-order valence-corrected chi connectivity index (χ1v) is 7.15. The molecule has 3 rings (SSSR count). The van der Waals surface area contributed by atoms with Gasteiger partial charge in [0.1, 0.15) is 17.1 Å². The Morgan fingerprint density at radius 2 is 1.80 bits per heavy atom. The second-order valence-corrected chi connectivity index (χ2v) is 5.12. The van der Waals surface area contributed by atoms with Crippen molar-refractivity contribution in [3.05, 3.63) is 66.0 Å². The molecule has 1 aromatic carbocycles. The van der Waals surface area contributed by atoms with Crippen LogP contribution in [0.3, 0.4) is 0 Å². The third-order valence-electron chi connectivity index (χ3n) is 3.32. The number of furan rings is 1. The van der Waals surface area contributed by atoms with Crippen LogP contribution < -0.4 is 11.1 Å². The molecule has 8 heteroatoms. The number of hydrogen-bond donors (Lipinski definition) is 2.